The van der Waals surface area contributed by atoms with E-state index in [0.29, 0.717) is 79.1 Å². The van der Waals surface area contributed by atoms with Crippen molar-refractivity contribution in [3.63, 3.8) is 0 Å². The highest BCUT2D eigenvalue weighted by atomic mass is 32.2. The first-order valence-corrected chi connectivity index (χ1v) is 30.7. The summed E-state index contributed by atoms with van der Waals surface area (Å²) in [5.74, 6) is -2.14. The van der Waals surface area contributed by atoms with Crippen molar-refractivity contribution in [1.82, 2.24) is 35.1 Å². The Labute approximate surface area is 464 Å². The van der Waals surface area contributed by atoms with E-state index in [1.54, 1.807) is 0 Å². The second-order valence-corrected chi connectivity index (χ2v) is 23.7. The summed E-state index contributed by atoms with van der Waals surface area (Å²) in [6.07, 6.45) is -6.57. The molecule has 4 unspecified atom stereocenters. The molecule has 2 aromatic heterocycles. The third-order valence-corrected chi connectivity index (χ3v) is 15.8. The number of carbonyl (C=O) groups is 5. The highest BCUT2D eigenvalue weighted by molar-refractivity contribution is 8.00. The van der Waals surface area contributed by atoms with Gasteiger partial charge in [0.1, 0.15) is 42.0 Å². The van der Waals surface area contributed by atoms with Crippen LogP contribution in [0.15, 0.2) is 12.7 Å². The van der Waals surface area contributed by atoms with Gasteiger partial charge >= 0.3 is 23.5 Å². The van der Waals surface area contributed by atoms with Crippen molar-refractivity contribution in [2.75, 3.05) is 124 Å². The SMILES string of the molecule is CCOCCOCCOCCOCCOCCOCCC(=O)CCCN1C(=O)CC(SCCNC(=O)CCNC(=O)[C@H](O)C(C)(C)COP(=O)(O)OP(=O)(O)OC[C@H]2O[C@@H](n3cnc4c(N)ncnc43)[C@@H](O)C2OP(=O)(O)O)C1=O. The van der Waals surface area contributed by atoms with Gasteiger partial charge in [-0.2, -0.15) is 4.31 Å². The van der Waals surface area contributed by atoms with Crippen LogP contribution in [0.1, 0.15) is 59.1 Å². The zero-order valence-corrected chi connectivity index (χ0v) is 47.9. The number of ketones is 1. The summed E-state index contributed by atoms with van der Waals surface area (Å²) in [6.45, 7) is 7.43. The number of ether oxygens (including phenoxy) is 7. The van der Waals surface area contributed by atoms with Crippen LogP contribution >= 0.6 is 35.2 Å². The summed E-state index contributed by atoms with van der Waals surface area (Å²) in [5, 5.41) is 25.9. The van der Waals surface area contributed by atoms with E-state index < -0.39 is 89.8 Å². The number of nitrogen functional groups attached to an aromatic ring is 1. The van der Waals surface area contributed by atoms with Crippen molar-refractivity contribution in [1.29, 1.82) is 0 Å². The molecule has 2 fully saturated rings. The molecule has 0 saturated carbocycles. The Hall–Kier alpha value is -3.54. The van der Waals surface area contributed by atoms with E-state index in [0.717, 1.165) is 22.1 Å². The van der Waals surface area contributed by atoms with Gasteiger partial charge in [-0.3, -0.25) is 47.0 Å². The topological polar surface area (TPSA) is 456 Å². The minimum absolute atomic E-state index is 0.0146. The third-order valence-electron chi connectivity index (χ3n) is 11.5. The molecule has 2 aromatic rings. The maximum atomic E-state index is 12.9. The molecule has 80 heavy (non-hydrogen) atoms. The second-order valence-electron chi connectivity index (χ2n) is 18.2. The van der Waals surface area contributed by atoms with E-state index in [2.05, 4.69) is 34.4 Å². The van der Waals surface area contributed by atoms with Crippen LogP contribution < -0.4 is 16.4 Å². The number of nitrogens with two attached hydrogens (primary N) is 1. The Bertz CT molecular complexity index is 2440. The number of aliphatic hydroxyl groups excluding tert-OH is 2. The molecule has 456 valence electrons. The minimum Gasteiger partial charge on any atom is -0.386 e. The molecule has 2 saturated heterocycles. The number of amides is 4. The van der Waals surface area contributed by atoms with Gasteiger partial charge in [0.15, 0.2) is 17.7 Å². The van der Waals surface area contributed by atoms with E-state index in [1.807, 2.05) is 6.92 Å². The number of Topliss-reactive ketones (excluding diaryl/α,β-unsaturated/α-hetero) is 1. The van der Waals surface area contributed by atoms with Crippen molar-refractivity contribution >= 4 is 81.6 Å². The zero-order chi connectivity index (χ0) is 58.9. The number of thioether (sulfide) groups is 1. The number of aromatic nitrogens is 4. The molecule has 2 aliphatic heterocycles. The molecule has 0 aromatic carbocycles. The smallest absolute Gasteiger partial charge is 0.386 e. The number of likely N-dealkylation sites (tertiary alicyclic amines) is 1. The highest BCUT2D eigenvalue weighted by Gasteiger charge is 2.50. The second kappa shape index (κ2) is 34.3. The fourth-order valence-corrected chi connectivity index (χ4v) is 11.2. The van der Waals surface area contributed by atoms with Gasteiger partial charge in [0.2, 0.25) is 23.6 Å². The molecular weight excluding hydrogens is 1150 g/mol. The lowest BCUT2D eigenvalue weighted by Gasteiger charge is -2.30. The average molecular weight is 1230 g/mol. The Morgan fingerprint density at radius 2 is 1.44 bits per heavy atom. The Morgan fingerprint density at radius 3 is 2.05 bits per heavy atom. The first kappa shape index (κ1) is 69.0. The van der Waals surface area contributed by atoms with E-state index in [1.165, 1.54) is 25.6 Å². The molecule has 33 nitrogen and oxygen atoms in total. The maximum absolute atomic E-state index is 12.9. The molecule has 2 aliphatic rings. The van der Waals surface area contributed by atoms with Crippen LogP contribution in [0.2, 0.25) is 0 Å². The lowest BCUT2D eigenvalue weighted by molar-refractivity contribution is -0.139. The van der Waals surface area contributed by atoms with E-state index in [-0.39, 0.29) is 92.3 Å². The molecule has 4 amide bonds. The maximum Gasteiger partial charge on any atom is 0.481 e. The average Bonchev–Trinajstić information content (AvgIpc) is 4.12. The van der Waals surface area contributed by atoms with E-state index in [9.17, 15) is 67.5 Å². The number of imide groups is 1. The molecule has 4 rings (SSSR count). The summed E-state index contributed by atoms with van der Waals surface area (Å²) < 4.78 is 94.8. The lowest BCUT2D eigenvalue weighted by Crippen LogP contribution is -2.46. The summed E-state index contributed by atoms with van der Waals surface area (Å²) in [7, 11) is -16.5. The number of rotatable bonds is 43. The van der Waals surface area contributed by atoms with Crippen LogP contribution in [0.3, 0.4) is 0 Å². The van der Waals surface area contributed by atoms with Gasteiger partial charge in [-0.1, -0.05) is 13.8 Å². The molecule has 10 N–H and O–H groups in total. The van der Waals surface area contributed by atoms with Gasteiger partial charge in [0, 0.05) is 63.1 Å². The summed E-state index contributed by atoms with van der Waals surface area (Å²) >= 11 is 1.18. The number of phosphoric acid groups is 3. The summed E-state index contributed by atoms with van der Waals surface area (Å²) in [6, 6.07) is 0. The Balaban J connectivity index is 1.03. The van der Waals surface area contributed by atoms with Crippen molar-refractivity contribution in [2.45, 2.75) is 88.8 Å². The largest absolute Gasteiger partial charge is 0.481 e. The van der Waals surface area contributed by atoms with Gasteiger partial charge < -0.3 is 79.3 Å². The molecule has 8 atom stereocenters. The number of hydrogen-bond acceptors (Lipinski definition) is 26. The molecule has 4 heterocycles. The third kappa shape index (κ3) is 24.3. The molecular formula is C43H73N8O25P3S. The monoisotopic (exact) mass is 1230 g/mol. The van der Waals surface area contributed by atoms with Crippen LogP contribution in [-0.2, 0) is 88.7 Å². The lowest BCUT2D eigenvalue weighted by atomic mass is 9.87. The molecule has 0 bridgehead atoms. The normalized spacial score (nSPS) is 20.8. The summed E-state index contributed by atoms with van der Waals surface area (Å²) in [4.78, 5) is 116. The van der Waals surface area contributed by atoms with Crippen LogP contribution in [-0.4, -0.2) is 231 Å². The first-order valence-electron chi connectivity index (χ1n) is 25.2. The fourth-order valence-electron chi connectivity index (χ4n) is 7.34. The molecule has 0 aliphatic carbocycles. The number of anilines is 1. The van der Waals surface area contributed by atoms with Crippen molar-refractivity contribution in [3.8, 4) is 0 Å². The number of hydrogen-bond donors (Lipinski definition) is 9. The van der Waals surface area contributed by atoms with Crippen LogP contribution in [0, 0.1) is 5.41 Å². The number of imidazole rings is 1. The number of nitrogens with one attached hydrogen (secondary N) is 2. The number of carbonyl (C=O) groups excluding carboxylic acids is 5. The van der Waals surface area contributed by atoms with Crippen molar-refractivity contribution in [2.24, 2.45) is 5.41 Å². The number of phosphoric ester groups is 3. The molecule has 37 heteroatoms. The summed E-state index contributed by atoms with van der Waals surface area (Å²) in [5.41, 5.74) is 4.20. The Kier molecular flexibility index (Phi) is 29.6. The van der Waals surface area contributed by atoms with Gasteiger partial charge in [0.25, 0.3) is 0 Å². The minimum atomic E-state index is -5.62. The Morgan fingerprint density at radius 1 is 0.838 bits per heavy atom. The van der Waals surface area contributed by atoms with Crippen LogP contribution in [0.4, 0.5) is 5.82 Å². The van der Waals surface area contributed by atoms with Gasteiger partial charge in [-0.15, -0.1) is 11.8 Å². The highest BCUT2D eigenvalue weighted by Crippen LogP contribution is 2.61. The fraction of sp³-hybridized carbons (Fsp3) is 0.767. The quantitative estimate of drug-likeness (QED) is 0.0221. The first-order chi connectivity index (χ1) is 37.8. The molecule has 0 spiro atoms. The van der Waals surface area contributed by atoms with Crippen LogP contribution in [0.5, 0.6) is 0 Å². The van der Waals surface area contributed by atoms with E-state index in [4.69, 9.17) is 47.9 Å². The van der Waals surface area contributed by atoms with Crippen molar-refractivity contribution < 1.29 is 118 Å². The van der Waals surface area contributed by atoms with Gasteiger partial charge in [0.05, 0.1) is 97.5 Å². The molecule has 0 radical (unpaired) electrons. The number of aliphatic hydroxyl groups is 2. The van der Waals surface area contributed by atoms with Crippen LogP contribution in [0.25, 0.3) is 11.2 Å². The zero-order valence-electron chi connectivity index (χ0n) is 44.4. The predicted octanol–water partition coefficient (Wildman–Crippen LogP) is -0.875. The number of fused-ring (bicyclic) bond motifs is 1. The van der Waals surface area contributed by atoms with E-state index >= 15 is 0 Å². The van der Waals surface area contributed by atoms with Crippen molar-refractivity contribution in [3.05, 3.63) is 12.7 Å². The predicted molar refractivity (Wildman–Crippen MR) is 277 cm³/mol. The van der Waals surface area contributed by atoms with Gasteiger partial charge in [-0.05, 0) is 13.3 Å². The number of nitrogens with zero attached hydrogens (tertiary/aromatic N) is 5. The standard InChI is InChI=1S/C43H73N8O25P3S/c1-4-66-13-14-68-17-18-70-21-22-71-20-19-69-16-15-67-12-8-29(52)6-5-11-50-33(54)24-31(41(50)58)80-23-10-45-32(53)7-9-46-40(57)37(56)43(2,3)26-73-79(64,65)76-78(62,63)72-25-30-36(75-77(59,60)61)35(55)42(74-30)51-28-49-34-38(44)47-27-48-39(34)51/h27-28,30-31,35-37,42,55-56H,4-26H2,1-3H3,(H,45,53)(H,46,57)(H,62,63)(H,64,65)(H2,44,47,48)(H2,59,60,61)/t30-,31?,35+,36?,37+,42-/m1/s1. The van der Waals surface area contributed by atoms with Gasteiger partial charge in [-0.25, -0.2) is 28.6 Å².